The third-order valence-corrected chi connectivity index (χ3v) is 2.51. The van der Waals surface area contributed by atoms with E-state index in [0.29, 0.717) is 0 Å². The van der Waals surface area contributed by atoms with Gasteiger partial charge in [-0.05, 0) is 12.1 Å². The SMILES string of the molecule is O=C(O)CCn1c(=O)[nH]c2cc(O)ccc2c1=O. The summed E-state index contributed by atoms with van der Waals surface area (Å²) in [4.78, 5) is 36.4. The van der Waals surface area contributed by atoms with Gasteiger partial charge in [0.05, 0.1) is 17.3 Å². The lowest BCUT2D eigenvalue weighted by molar-refractivity contribution is -0.137. The lowest BCUT2D eigenvalue weighted by Crippen LogP contribution is -2.35. The lowest BCUT2D eigenvalue weighted by Gasteiger charge is -2.04. The van der Waals surface area contributed by atoms with Gasteiger partial charge >= 0.3 is 11.7 Å². The number of hydrogen-bond acceptors (Lipinski definition) is 4. The molecule has 0 aliphatic heterocycles. The molecule has 0 radical (unpaired) electrons. The second kappa shape index (κ2) is 4.36. The number of aromatic nitrogens is 2. The number of hydrogen-bond donors (Lipinski definition) is 3. The molecule has 18 heavy (non-hydrogen) atoms. The predicted molar refractivity (Wildman–Crippen MR) is 62.7 cm³/mol. The number of aromatic hydroxyl groups is 1. The normalized spacial score (nSPS) is 10.7. The number of H-pyrrole nitrogens is 1. The number of nitrogens with one attached hydrogen (secondary N) is 1. The maximum Gasteiger partial charge on any atom is 0.328 e. The van der Waals surface area contributed by atoms with E-state index in [4.69, 9.17) is 5.11 Å². The predicted octanol–water partition coefficient (Wildman–Crippen LogP) is -0.130. The number of fused-ring (bicyclic) bond motifs is 1. The van der Waals surface area contributed by atoms with E-state index < -0.39 is 17.2 Å². The number of aliphatic carboxylic acids is 1. The van der Waals surface area contributed by atoms with E-state index in [1.165, 1.54) is 18.2 Å². The molecule has 3 N–H and O–H groups in total. The molecule has 7 nitrogen and oxygen atoms in total. The minimum atomic E-state index is -1.09. The molecule has 2 rings (SSSR count). The summed E-state index contributed by atoms with van der Waals surface area (Å²) in [6.45, 7) is -0.194. The summed E-state index contributed by atoms with van der Waals surface area (Å²) in [5, 5.41) is 18.0. The van der Waals surface area contributed by atoms with Crippen LogP contribution in [0, 0.1) is 0 Å². The molecule has 0 fully saturated rings. The van der Waals surface area contributed by atoms with Crippen LogP contribution in [0.1, 0.15) is 6.42 Å². The Labute approximate surface area is 99.9 Å². The molecular weight excluding hydrogens is 240 g/mol. The van der Waals surface area contributed by atoms with Crippen molar-refractivity contribution in [2.75, 3.05) is 0 Å². The molecule has 94 valence electrons. The Kier molecular flexibility index (Phi) is 2.88. The number of carboxylic acids is 1. The average Bonchev–Trinajstić information content (AvgIpc) is 2.27. The van der Waals surface area contributed by atoms with Gasteiger partial charge < -0.3 is 15.2 Å². The summed E-state index contributed by atoms with van der Waals surface area (Å²) in [5.74, 6) is -1.16. The van der Waals surface area contributed by atoms with Gasteiger partial charge in [0.25, 0.3) is 5.56 Å². The number of benzene rings is 1. The Morgan fingerprint density at radius 2 is 2.06 bits per heavy atom. The number of rotatable bonds is 3. The molecule has 0 saturated carbocycles. The topological polar surface area (TPSA) is 112 Å². The van der Waals surface area contributed by atoms with Crippen LogP contribution in [0.5, 0.6) is 5.75 Å². The number of aromatic amines is 1. The Morgan fingerprint density at radius 1 is 1.33 bits per heavy atom. The van der Waals surface area contributed by atoms with E-state index in [1.807, 2.05) is 0 Å². The molecule has 0 aliphatic carbocycles. The van der Waals surface area contributed by atoms with Crippen molar-refractivity contribution in [3.63, 3.8) is 0 Å². The van der Waals surface area contributed by atoms with Crippen LogP contribution in [0.15, 0.2) is 27.8 Å². The number of phenols is 1. The summed E-state index contributed by atoms with van der Waals surface area (Å²) in [6.07, 6.45) is -0.313. The van der Waals surface area contributed by atoms with Crippen molar-refractivity contribution in [3.8, 4) is 5.75 Å². The summed E-state index contributed by atoms with van der Waals surface area (Å²) < 4.78 is 0.827. The van der Waals surface area contributed by atoms with Gasteiger partial charge in [-0.3, -0.25) is 14.2 Å². The van der Waals surface area contributed by atoms with Crippen LogP contribution in [-0.2, 0) is 11.3 Å². The van der Waals surface area contributed by atoms with Gasteiger partial charge in [-0.2, -0.15) is 0 Å². The van der Waals surface area contributed by atoms with E-state index in [-0.39, 0.29) is 29.6 Å². The van der Waals surface area contributed by atoms with Gasteiger partial charge in [0.15, 0.2) is 0 Å². The highest BCUT2D eigenvalue weighted by Gasteiger charge is 2.09. The van der Waals surface area contributed by atoms with Crippen molar-refractivity contribution >= 4 is 16.9 Å². The molecule has 0 amide bonds. The summed E-state index contributed by atoms with van der Waals surface area (Å²) in [5.41, 5.74) is -1.05. The Hall–Kier alpha value is -2.57. The molecule has 7 heteroatoms. The first-order valence-electron chi connectivity index (χ1n) is 5.16. The van der Waals surface area contributed by atoms with Gasteiger partial charge in [-0.25, -0.2) is 4.79 Å². The van der Waals surface area contributed by atoms with Crippen molar-refractivity contribution in [1.29, 1.82) is 0 Å². The zero-order chi connectivity index (χ0) is 13.3. The molecule has 1 heterocycles. The van der Waals surface area contributed by atoms with Crippen LogP contribution >= 0.6 is 0 Å². The van der Waals surface area contributed by atoms with Crippen molar-refractivity contribution in [3.05, 3.63) is 39.0 Å². The lowest BCUT2D eigenvalue weighted by atomic mass is 10.2. The fourth-order valence-electron chi connectivity index (χ4n) is 1.65. The van der Waals surface area contributed by atoms with Crippen molar-refractivity contribution in [1.82, 2.24) is 9.55 Å². The third kappa shape index (κ3) is 2.10. The first-order chi connectivity index (χ1) is 8.49. The van der Waals surface area contributed by atoms with Gasteiger partial charge in [0.1, 0.15) is 5.75 Å². The fourth-order valence-corrected chi connectivity index (χ4v) is 1.65. The van der Waals surface area contributed by atoms with Crippen LogP contribution in [0.25, 0.3) is 10.9 Å². The van der Waals surface area contributed by atoms with Crippen LogP contribution in [0.4, 0.5) is 0 Å². The molecular formula is C11H10N2O5. The highest BCUT2D eigenvalue weighted by atomic mass is 16.4. The van der Waals surface area contributed by atoms with E-state index in [0.717, 1.165) is 4.57 Å². The number of carboxylic acid groups (broad SMARTS) is 1. The summed E-state index contributed by atoms with van der Waals surface area (Å²) >= 11 is 0. The largest absolute Gasteiger partial charge is 0.508 e. The van der Waals surface area contributed by atoms with E-state index in [2.05, 4.69) is 4.98 Å². The number of phenolic OH excluding ortho intramolecular Hbond substituents is 1. The van der Waals surface area contributed by atoms with Crippen LogP contribution in [0.2, 0.25) is 0 Å². The molecule has 0 unspecified atom stereocenters. The zero-order valence-electron chi connectivity index (χ0n) is 9.21. The second-order valence-corrected chi connectivity index (χ2v) is 3.76. The number of carbonyl (C=O) groups is 1. The zero-order valence-corrected chi connectivity index (χ0v) is 9.21. The quantitative estimate of drug-likeness (QED) is 0.702. The van der Waals surface area contributed by atoms with E-state index in [1.54, 1.807) is 0 Å². The average molecular weight is 250 g/mol. The van der Waals surface area contributed by atoms with Gasteiger partial charge in [-0.15, -0.1) is 0 Å². The van der Waals surface area contributed by atoms with Crippen LogP contribution in [-0.4, -0.2) is 25.7 Å². The van der Waals surface area contributed by atoms with Gasteiger partial charge in [0, 0.05) is 12.6 Å². The Bertz CT molecular complexity index is 728. The van der Waals surface area contributed by atoms with E-state index >= 15 is 0 Å². The van der Waals surface area contributed by atoms with Crippen molar-refractivity contribution < 1.29 is 15.0 Å². The number of nitrogens with zero attached hydrogens (tertiary/aromatic N) is 1. The molecule has 0 bridgehead atoms. The van der Waals surface area contributed by atoms with Gasteiger partial charge in [-0.1, -0.05) is 0 Å². The molecule has 0 atom stereocenters. The molecule has 1 aromatic heterocycles. The van der Waals surface area contributed by atoms with Gasteiger partial charge in [0.2, 0.25) is 0 Å². The molecule has 0 spiro atoms. The molecule has 2 aromatic rings. The summed E-state index contributed by atoms with van der Waals surface area (Å²) in [7, 11) is 0. The maximum atomic E-state index is 11.9. The second-order valence-electron chi connectivity index (χ2n) is 3.76. The van der Waals surface area contributed by atoms with Crippen molar-refractivity contribution in [2.24, 2.45) is 0 Å². The third-order valence-electron chi connectivity index (χ3n) is 2.51. The summed E-state index contributed by atoms with van der Waals surface area (Å²) in [6, 6.07) is 3.96. The van der Waals surface area contributed by atoms with Crippen LogP contribution < -0.4 is 11.2 Å². The smallest absolute Gasteiger partial charge is 0.328 e. The van der Waals surface area contributed by atoms with Crippen molar-refractivity contribution in [2.45, 2.75) is 13.0 Å². The monoisotopic (exact) mass is 250 g/mol. The molecule has 0 saturated heterocycles. The van der Waals surface area contributed by atoms with E-state index in [9.17, 15) is 19.5 Å². The standard InChI is InChI=1S/C11H10N2O5/c14-6-1-2-7-8(5-6)12-11(18)13(10(7)17)4-3-9(15)16/h1-2,5,14H,3-4H2,(H,12,18)(H,15,16). The maximum absolute atomic E-state index is 11.9. The highest BCUT2D eigenvalue weighted by Crippen LogP contribution is 2.13. The highest BCUT2D eigenvalue weighted by molar-refractivity contribution is 5.78. The fraction of sp³-hybridized carbons (Fsp3) is 0.182. The Balaban J connectivity index is 2.62. The first-order valence-corrected chi connectivity index (χ1v) is 5.16. The first kappa shape index (κ1) is 11.9. The molecule has 0 aliphatic rings. The Morgan fingerprint density at radius 3 is 2.72 bits per heavy atom. The minimum absolute atomic E-state index is 0.0687. The van der Waals surface area contributed by atoms with Crippen LogP contribution in [0.3, 0.4) is 0 Å². The minimum Gasteiger partial charge on any atom is -0.508 e. The molecule has 1 aromatic carbocycles.